The fourth-order valence-electron chi connectivity index (χ4n) is 1.65. The third-order valence-electron chi connectivity index (χ3n) is 2.75. The van der Waals surface area contributed by atoms with E-state index in [0.717, 1.165) is 13.0 Å². The molecular formula is C14H23NO. The minimum Gasteiger partial charge on any atom is -0.394 e. The zero-order valence-corrected chi connectivity index (χ0v) is 10.5. The second-order valence-electron chi connectivity index (χ2n) is 4.63. The maximum absolute atomic E-state index is 9.36. The van der Waals surface area contributed by atoms with Gasteiger partial charge in [0.25, 0.3) is 0 Å². The van der Waals surface area contributed by atoms with Crippen molar-refractivity contribution in [2.45, 2.75) is 33.2 Å². The molecule has 90 valence electrons. The van der Waals surface area contributed by atoms with Crippen LogP contribution >= 0.6 is 0 Å². The molecule has 0 heterocycles. The summed E-state index contributed by atoms with van der Waals surface area (Å²) in [5.74, 6) is 0.601. The van der Waals surface area contributed by atoms with Gasteiger partial charge in [0.2, 0.25) is 0 Å². The van der Waals surface area contributed by atoms with Crippen molar-refractivity contribution in [3.63, 3.8) is 0 Å². The Hall–Kier alpha value is -0.860. The van der Waals surface area contributed by atoms with Crippen molar-refractivity contribution in [2.75, 3.05) is 13.2 Å². The third-order valence-corrected chi connectivity index (χ3v) is 2.75. The Morgan fingerprint density at radius 2 is 1.81 bits per heavy atom. The largest absolute Gasteiger partial charge is 0.394 e. The van der Waals surface area contributed by atoms with E-state index < -0.39 is 0 Å². The summed E-state index contributed by atoms with van der Waals surface area (Å²) in [4.78, 5) is 0. The smallest absolute Gasteiger partial charge is 0.0626 e. The first-order chi connectivity index (χ1) is 7.67. The van der Waals surface area contributed by atoms with Crippen LogP contribution in [-0.4, -0.2) is 18.3 Å². The summed E-state index contributed by atoms with van der Waals surface area (Å²) >= 11 is 0. The van der Waals surface area contributed by atoms with Gasteiger partial charge in [0.05, 0.1) is 12.6 Å². The summed E-state index contributed by atoms with van der Waals surface area (Å²) < 4.78 is 0. The van der Waals surface area contributed by atoms with Crippen molar-refractivity contribution in [3.8, 4) is 0 Å². The summed E-state index contributed by atoms with van der Waals surface area (Å²) in [6, 6.07) is 8.54. The molecule has 0 radical (unpaired) electrons. The maximum Gasteiger partial charge on any atom is 0.0626 e. The van der Waals surface area contributed by atoms with Gasteiger partial charge in [-0.15, -0.1) is 0 Å². The molecule has 0 aliphatic carbocycles. The highest BCUT2D eigenvalue weighted by Crippen LogP contribution is 2.14. The molecule has 2 heteroatoms. The molecule has 2 nitrogen and oxygen atoms in total. The zero-order chi connectivity index (χ0) is 12.0. The number of benzene rings is 1. The number of aryl methyl sites for hydroxylation is 1. The highest BCUT2D eigenvalue weighted by molar-refractivity contribution is 5.25. The van der Waals surface area contributed by atoms with Crippen molar-refractivity contribution in [2.24, 2.45) is 5.92 Å². The van der Waals surface area contributed by atoms with Crippen LogP contribution in [0.25, 0.3) is 0 Å². The molecule has 0 aliphatic rings. The van der Waals surface area contributed by atoms with Crippen LogP contribution in [0.3, 0.4) is 0 Å². The second-order valence-corrected chi connectivity index (χ2v) is 4.63. The van der Waals surface area contributed by atoms with Gasteiger partial charge in [-0.1, -0.05) is 45.0 Å². The van der Waals surface area contributed by atoms with Crippen LogP contribution in [0.2, 0.25) is 0 Å². The highest BCUT2D eigenvalue weighted by Gasteiger charge is 2.09. The molecule has 0 amide bonds. The normalized spacial score (nSPS) is 13.1. The Bertz CT molecular complexity index is 292. The first-order valence-corrected chi connectivity index (χ1v) is 6.10. The molecule has 0 saturated heterocycles. The van der Waals surface area contributed by atoms with Crippen LogP contribution in [0.4, 0.5) is 0 Å². The third kappa shape index (κ3) is 3.95. The van der Waals surface area contributed by atoms with E-state index >= 15 is 0 Å². The summed E-state index contributed by atoms with van der Waals surface area (Å²) in [6.07, 6.45) is 1.06. The van der Waals surface area contributed by atoms with Crippen molar-refractivity contribution >= 4 is 0 Å². The van der Waals surface area contributed by atoms with E-state index in [9.17, 15) is 5.11 Å². The van der Waals surface area contributed by atoms with Crippen LogP contribution in [0.15, 0.2) is 24.3 Å². The zero-order valence-electron chi connectivity index (χ0n) is 10.5. The van der Waals surface area contributed by atoms with Gasteiger partial charge in [0, 0.05) is 0 Å². The van der Waals surface area contributed by atoms with Gasteiger partial charge in [-0.25, -0.2) is 0 Å². The predicted octanol–water partition coefficient (Wildman–Crippen LogP) is 2.53. The molecule has 1 rings (SSSR count). The minimum absolute atomic E-state index is 0.0632. The van der Waals surface area contributed by atoms with Crippen LogP contribution in [-0.2, 0) is 6.42 Å². The van der Waals surface area contributed by atoms with Crippen LogP contribution < -0.4 is 5.32 Å². The molecule has 1 unspecified atom stereocenters. The number of hydrogen-bond acceptors (Lipinski definition) is 2. The molecule has 0 fully saturated rings. The van der Waals surface area contributed by atoms with Crippen molar-refractivity contribution in [3.05, 3.63) is 35.4 Å². The lowest BCUT2D eigenvalue weighted by Crippen LogP contribution is -2.27. The van der Waals surface area contributed by atoms with Gasteiger partial charge in [-0.3, -0.25) is 0 Å². The molecule has 0 aromatic heterocycles. The second kappa shape index (κ2) is 6.66. The van der Waals surface area contributed by atoms with Gasteiger partial charge in [0.15, 0.2) is 0 Å². The van der Waals surface area contributed by atoms with Gasteiger partial charge >= 0.3 is 0 Å². The molecule has 0 bridgehead atoms. The van der Waals surface area contributed by atoms with E-state index in [4.69, 9.17) is 0 Å². The maximum atomic E-state index is 9.36. The fraction of sp³-hybridized carbons (Fsp3) is 0.571. The molecule has 0 aliphatic heterocycles. The van der Waals surface area contributed by atoms with Crippen molar-refractivity contribution in [1.29, 1.82) is 0 Å². The van der Waals surface area contributed by atoms with E-state index in [2.05, 4.69) is 50.4 Å². The lowest BCUT2D eigenvalue weighted by atomic mass is 10.0. The fourth-order valence-corrected chi connectivity index (χ4v) is 1.65. The first kappa shape index (κ1) is 13.2. The summed E-state index contributed by atoms with van der Waals surface area (Å²) in [6.45, 7) is 7.57. The van der Waals surface area contributed by atoms with Crippen molar-refractivity contribution < 1.29 is 5.11 Å². The quantitative estimate of drug-likeness (QED) is 0.773. The SMILES string of the molecule is CCc1ccc(C(CO)NCC(C)C)cc1. The summed E-state index contributed by atoms with van der Waals surface area (Å²) in [5.41, 5.74) is 2.50. The number of aliphatic hydroxyl groups is 1. The van der Waals surface area contributed by atoms with E-state index in [-0.39, 0.29) is 12.6 Å². The van der Waals surface area contributed by atoms with Crippen LogP contribution in [0, 0.1) is 5.92 Å². The Morgan fingerprint density at radius 1 is 1.19 bits per heavy atom. The molecule has 0 spiro atoms. The standard InChI is InChI=1S/C14H23NO/c1-4-12-5-7-13(8-6-12)14(10-16)15-9-11(2)3/h5-8,11,14-16H,4,9-10H2,1-3H3. The summed E-state index contributed by atoms with van der Waals surface area (Å²) in [5, 5.41) is 12.7. The molecule has 0 saturated carbocycles. The van der Waals surface area contributed by atoms with Crippen LogP contribution in [0.1, 0.15) is 37.9 Å². The molecule has 1 atom stereocenters. The number of aliphatic hydroxyl groups excluding tert-OH is 1. The van der Waals surface area contributed by atoms with Gasteiger partial charge < -0.3 is 10.4 Å². The van der Waals surface area contributed by atoms with E-state index in [1.165, 1.54) is 11.1 Å². The monoisotopic (exact) mass is 221 g/mol. The van der Waals surface area contributed by atoms with Crippen molar-refractivity contribution in [1.82, 2.24) is 5.32 Å². The number of hydrogen-bond donors (Lipinski definition) is 2. The Morgan fingerprint density at radius 3 is 2.25 bits per heavy atom. The highest BCUT2D eigenvalue weighted by atomic mass is 16.3. The predicted molar refractivity (Wildman–Crippen MR) is 68.5 cm³/mol. The summed E-state index contributed by atoms with van der Waals surface area (Å²) in [7, 11) is 0. The number of rotatable bonds is 6. The van der Waals surface area contributed by atoms with Gasteiger partial charge in [0.1, 0.15) is 0 Å². The Kier molecular flexibility index (Phi) is 5.50. The van der Waals surface area contributed by atoms with Gasteiger partial charge in [-0.05, 0) is 30.0 Å². The first-order valence-electron chi connectivity index (χ1n) is 6.10. The Balaban J connectivity index is 2.63. The molecule has 1 aromatic carbocycles. The lowest BCUT2D eigenvalue weighted by molar-refractivity contribution is 0.241. The Labute approximate surface area is 98.7 Å². The van der Waals surface area contributed by atoms with E-state index in [1.54, 1.807) is 0 Å². The number of nitrogens with one attached hydrogen (secondary N) is 1. The average Bonchev–Trinajstić information content (AvgIpc) is 2.30. The van der Waals surface area contributed by atoms with Gasteiger partial charge in [-0.2, -0.15) is 0 Å². The molecule has 16 heavy (non-hydrogen) atoms. The van der Waals surface area contributed by atoms with E-state index in [1.807, 2.05) is 0 Å². The average molecular weight is 221 g/mol. The molecule has 2 N–H and O–H groups in total. The van der Waals surface area contributed by atoms with E-state index in [0.29, 0.717) is 5.92 Å². The molecular weight excluding hydrogens is 198 g/mol. The minimum atomic E-state index is 0.0632. The lowest BCUT2D eigenvalue weighted by Gasteiger charge is -2.18. The molecule has 1 aromatic rings. The van der Waals surface area contributed by atoms with Crippen LogP contribution in [0.5, 0.6) is 0 Å². The topological polar surface area (TPSA) is 32.3 Å².